The van der Waals surface area contributed by atoms with E-state index in [1.54, 1.807) is 0 Å². The molecule has 14 heavy (non-hydrogen) atoms. The average Bonchev–Trinajstić information content (AvgIpc) is 2.59. The van der Waals surface area contributed by atoms with Gasteiger partial charge in [-0.1, -0.05) is 12.1 Å². The van der Waals surface area contributed by atoms with Crippen LogP contribution in [0.4, 0.5) is 0 Å². The number of nitrogens with two attached hydrogens (primary N) is 2. The Hall–Kier alpha value is -2.04. The second-order valence-electron chi connectivity index (χ2n) is 3.00. The molecular formula is C9H11N5. The first-order chi connectivity index (χ1) is 6.79. The van der Waals surface area contributed by atoms with E-state index >= 15 is 0 Å². The number of amidine groups is 1. The molecule has 0 aliphatic rings. The van der Waals surface area contributed by atoms with Crippen molar-refractivity contribution in [3.8, 4) is 0 Å². The molecule has 0 radical (unpaired) electrons. The topological polar surface area (TPSA) is 93.1 Å². The van der Waals surface area contributed by atoms with Gasteiger partial charge in [0.15, 0.2) is 0 Å². The Labute approximate surface area is 80.8 Å². The van der Waals surface area contributed by atoms with Gasteiger partial charge in [-0.2, -0.15) is 5.10 Å². The molecule has 5 N–H and O–H groups in total. The first-order valence-corrected chi connectivity index (χ1v) is 4.25. The Morgan fingerprint density at radius 1 is 1.43 bits per heavy atom. The van der Waals surface area contributed by atoms with Crippen LogP contribution in [-0.4, -0.2) is 15.8 Å². The number of hydrazone groups is 1. The lowest BCUT2D eigenvalue weighted by atomic mass is 10.3. The van der Waals surface area contributed by atoms with Crippen LogP contribution in [0.25, 0.3) is 11.0 Å². The number of rotatable bonds is 2. The number of fused-ring (bicyclic) bond motifs is 1. The van der Waals surface area contributed by atoms with Gasteiger partial charge in [0.2, 0.25) is 0 Å². The van der Waals surface area contributed by atoms with Crippen molar-refractivity contribution in [3.05, 3.63) is 30.1 Å². The van der Waals surface area contributed by atoms with E-state index in [-0.39, 0.29) is 0 Å². The van der Waals surface area contributed by atoms with Crippen LogP contribution >= 0.6 is 0 Å². The van der Waals surface area contributed by atoms with Crippen LogP contribution in [0.1, 0.15) is 5.82 Å². The standard InChI is InChI=1S/C9H11N5/c10-8(14-11)5-9-12-6-3-1-2-4-7(6)13-9/h1-4H,5,11H2,(H2,10,14)(H,12,13). The van der Waals surface area contributed by atoms with Crippen molar-refractivity contribution in [2.24, 2.45) is 16.7 Å². The number of nitrogens with one attached hydrogen (secondary N) is 1. The van der Waals surface area contributed by atoms with E-state index in [9.17, 15) is 0 Å². The quantitative estimate of drug-likeness (QED) is 0.275. The van der Waals surface area contributed by atoms with Crippen molar-refractivity contribution in [2.75, 3.05) is 0 Å². The molecule has 0 fully saturated rings. The highest BCUT2D eigenvalue weighted by molar-refractivity contribution is 5.83. The fourth-order valence-corrected chi connectivity index (χ4v) is 1.31. The third kappa shape index (κ3) is 1.52. The van der Waals surface area contributed by atoms with Gasteiger partial charge in [-0.15, -0.1) is 0 Å². The number of para-hydroxylation sites is 2. The Kier molecular flexibility index (Phi) is 2.06. The number of aromatic amines is 1. The summed E-state index contributed by atoms with van der Waals surface area (Å²) >= 11 is 0. The van der Waals surface area contributed by atoms with Gasteiger partial charge >= 0.3 is 0 Å². The largest absolute Gasteiger partial charge is 0.385 e. The van der Waals surface area contributed by atoms with Crippen LogP contribution in [0.2, 0.25) is 0 Å². The van der Waals surface area contributed by atoms with Gasteiger partial charge in [0.1, 0.15) is 11.7 Å². The van der Waals surface area contributed by atoms with Gasteiger partial charge in [0.05, 0.1) is 17.5 Å². The van der Waals surface area contributed by atoms with Crippen LogP contribution in [0.5, 0.6) is 0 Å². The minimum Gasteiger partial charge on any atom is -0.385 e. The van der Waals surface area contributed by atoms with E-state index in [0.29, 0.717) is 12.3 Å². The molecule has 5 nitrogen and oxygen atoms in total. The first-order valence-electron chi connectivity index (χ1n) is 4.25. The lowest BCUT2D eigenvalue weighted by molar-refractivity contribution is 1.07. The zero-order valence-electron chi connectivity index (χ0n) is 7.57. The van der Waals surface area contributed by atoms with Crippen molar-refractivity contribution in [3.63, 3.8) is 0 Å². The van der Waals surface area contributed by atoms with Gasteiger partial charge in [-0.05, 0) is 12.1 Å². The lowest BCUT2D eigenvalue weighted by Gasteiger charge is -1.92. The normalized spacial score (nSPS) is 12.1. The molecule has 72 valence electrons. The second kappa shape index (κ2) is 3.37. The molecule has 1 heterocycles. The molecule has 0 spiro atoms. The van der Waals surface area contributed by atoms with E-state index in [2.05, 4.69) is 15.1 Å². The molecule has 2 aromatic rings. The monoisotopic (exact) mass is 189 g/mol. The van der Waals surface area contributed by atoms with Crippen molar-refractivity contribution in [1.82, 2.24) is 9.97 Å². The number of benzene rings is 1. The highest BCUT2D eigenvalue weighted by atomic mass is 15.2. The first kappa shape index (κ1) is 8.55. The maximum atomic E-state index is 5.49. The molecule has 0 atom stereocenters. The van der Waals surface area contributed by atoms with E-state index < -0.39 is 0 Å². The zero-order chi connectivity index (χ0) is 9.97. The summed E-state index contributed by atoms with van der Waals surface area (Å²) in [6.45, 7) is 0. The molecule has 2 rings (SSSR count). The van der Waals surface area contributed by atoms with Gasteiger partial charge in [0.25, 0.3) is 0 Å². The van der Waals surface area contributed by atoms with E-state index in [1.165, 1.54) is 0 Å². The van der Waals surface area contributed by atoms with Crippen molar-refractivity contribution in [2.45, 2.75) is 6.42 Å². The molecule has 5 heteroatoms. The van der Waals surface area contributed by atoms with Crippen LogP contribution in [0, 0.1) is 0 Å². The summed E-state index contributed by atoms with van der Waals surface area (Å²) in [7, 11) is 0. The summed E-state index contributed by atoms with van der Waals surface area (Å²) in [6, 6.07) is 7.78. The minimum absolute atomic E-state index is 0.365. The summed E-state index contributed by atoms with van der Waals surface area (Å²) in [5.74, 6) is 6.18. The maximum absolute atomic E-state index is 5.49. The molecule has 1 aromatic heterocycles. The lowest BCUT2D eigenvalue weighted by Crippen LogP contribution is -2.17. The smallest absolute Gasteiger partial charge is 0.126 e. The van der Waals surface area contributed by atoms with Crippen molar-refractivity contribution < 1.29 is 0 Å². The van der Waals surface area contributed by atoms with Crippen molar-refractivity contribution in [1.29, 1.82) is 0 Å². The van der Waals surface area contributed by atoms with Crippen LogP contribution in [0.15, 0.2) is 29.4 Å². The number of hydrogen-bond acceptors (Lipinski definition) is 3. The molecule has 1 aromatic carbocycles. The van der Waals surface area contributed by atoms with Gasteiger partial charge in [-0.3, -0.25) is 0 Å². The number of H-pyrrole nitrogens is 1. The third-order valence-electron chi connectivity index (χ3n) is 1.95. The summed E-state index contributed by atoms with van der Waals surface area (Å²) in [6.07, 6.45) is 0.450. The van der Waals surface area contributed by atoms with Crippen LogP contribution in [-0.2, 0) is 6.42 Å². The molecule has 0 bridgehead atoms. The maximum Gasteiger partial charge on any atom is 0.126 e. The van der Waals surface area contributed by atoms with E-state index in [0.717, 1.165) is 16.9 Å². The molecule has 0 unspecified atom stereocenters. The molecular weight excluding hydrogens is 178 g/mol. The van der Waals surface area contributed by atoms with Crippen LogP contribution < -0.4 is 11.6 Å². The highest BCUT2D eigenvalue weighted by Crippen LogP contribution is 2.10. The number of aromatic nitrogens is 2. The number of imidazole rings is 1. The molecule has 0 aliphatic heterocycles. The second-order valence-corrected chi connectivity index (χ2v) is 3.00. The van der Waals surface area contributed by atoms with E-state index in [4.69, 9.17) is 11.6 Å². The third-order valence-corrected chi connectivity index (χ3v) is 1.95. The molecule has 0 saturated heterocycles. The molecule has 0 saturated carbocycles. The Bertz CT molecular complexity index is 438. The van der Waals surface area contributed by atoms with Gasteiger partial charge in [-0.25, -0.2) is 4.98 Å². The Morgan fingerprint density at radius 3 is 2.93 bits per heavy atom. The molecule has 0 aliphatic carbocycles. The highest BCUT2D eigenvalue weighted by Gasteiger charge is 2.02. The summed E-state index contributed by atoms with van der Waals surface area (Å²) in [4.78, 5) is 7.46. The Morgan fingerprint density at radius 2 is 2.21 bits per heavy atom. The predicted molar refractivity (Wildman–Crippen MR) is 55.6 cm³/mol. The number of hydrogen-bond donors (Lipinski definition) is 3. The zero-order valence-corrected chi connectivity index (χ0v) is 7.57. The SMILES string of the molecule is N/N=C(\N)Cc1nc2ccccc2[nH]1. The fourth-order valence-electron chi connectivity index (χ4n) is 1.31. The van der Waals surface area contributed by atoms with Crippen molar-refractivity contribution >= 4 is 16.9 Å². The predicted octanol–water partition coefficient (Wildman–Crippen LogP) is 0.336. The van der Waals surface area contributed by atoms with Gasteiger partial charge < -0.3 is 16.6 Å². The Balaban J connectivity index is 2.36. The fraction of sp³-hybridized carbons (Fsp3) is 0.111. The van der Waals surface area contributed by atoms with Crippen LogP contribution in [0.3, 0.4) is 0 Å². The minimum atomic E-state index is 0.365. The van der Waals surface area contributed by atoms with Gasteiger partial charge in [0, 0.05) is 0 Å². The van der Waals surface area contributed by atoms with E-state index in [1.807, 2.05) is 24.3 Å². The summed E-state index contributed by atoms with van der Waals surface area (Å²) < 4.78 is 0. The summed E-state index contributed by atoms with van der Waals surface area (Å²) in [5.41, 5.74) is 7.41. The average molecular weight is 189 g/mol. The molecule has 0 amide bonds. The number of nitrogens with zero attached hydrogens (tertiary/aromatic N) is 2. The summed E-state index contributed by atoms with van der Waals surface area (Å²) in [5, 5.41) is 3.39.